The maximum Gasteiger partial charge on any atom is 0.251 e. The van der Waals surface area contributed by atoms with Gasteiger partial charge in [-0.3, -0.25) is 4.79 Å². The first kappa shape index (κ1) is 14.0. The van der Waals surface area contributed by atoms with E-state index in [2.05, 4.69) is 26.6 Å². The third kappa shape index (κ3) is 4.75. The molecule has 0 aliphatic carbocycles. The van der Waals surface area contributed by atoms with E-state index in [0.717, 1.165) is 19.5 Å². The largest absolute Gasteiger partial charge is 0.507 e. The van der Waals surface area contributed by atoms with Crippen LogP contribution in [0.4, 0.5) is 0 Å². The number of phenols is 1. The van der Waals surface area contributed by atoms with Crippen LogP contribution < -0.4 is 10.6 Å². The maximum absolute atomic E-state index is 11.7. The molecular weight excluding hydrogens is 284 g/mol. The Hall–Kier alpha value is -1.07. The second-order valence-electron chi connectivity index (χ2n) is 3.63. The van der Waals surface area contributed by atoms with Crippen molar-refractivity contribution in [3.05, 3.63) is 28.2 Å². The van der Waals surface area contributed by atoms with Crippen LogP contribution >= 0.6 is 15.9 Å². The van der Waals surface area contributed by atoms with Gasteiger partial charge in [-0.2, -0.15) is 0 Å². The molecule has 0 saturated heterocycles. The molecule has 4 nitrogen and oxygen atoms in total. The Labute approximate surface area is 110 Å². The summed E-state index contributed by atoms with van der Waals surface area (Å²) in [5, 5.41) is 15.4. The van der Waals surface area contributed by atoms with Crippen LogP contribution in [-0.2, 0) is 0 Å². The molecule has 0 aliphatic heterocycles. The van der Waals surface area contributed by atoms with Gasteiger partial charge < -0.3 is 15.7 Å². The molecule has 0 atom stereocenters. The van der Waals surface area contributed by atoms with Gasteiger partial charge in [-0.15, -0.1) is 0 Å². The average Bonchev–Trinajstić information content (AvgIpc) is 2.32. The fourth-order valence-electron chi connectivity index (χ4n) is 1.35. The summed E-state index contributed by atoms with van der Waals surface area (Å²) < 4.78 is 0.584. The number of halogens is 1. The van der Waals surface area contributed by atoms with Gasteiger partial charge in [0, 0.05) is 12.1 Å². The van der Waals surface area contributed by atoms with Crippen molar-refractivity contribution in [2.75, 3.05) is 19.6 Å². The SMILES string of the molecule is CCNCCCNC(=O)c1ccc(Br)c(O)c1. The summed E-state index contributed by atoms with van der Waals surface area (Å²) in [6.07, 6.45) is 0.891. The highest BCUT2D eigenvalue weighted by Crippen LogP contribution is 2.24. The molecule has 5 heteroatoms. The number of carbonyl (C=O) groups excluding carboxylic acids is 1. The van der Waals surface area contributed by atoms with Crippen LogP contribution in [0.2, 0.25) is 0 Å². The van der Waals surface area contributed by atoms with Gasteiger partial charge in [-0.25, -0.2) is 0 Å². The third-order valence-corrected chi connectivity index (χ3v) is 2.94. The molecule has 1 aromatic carbocycles. The molecule has 0 unspecified atom stereocenters. The molecule has 1 aromatic rings. The molecule has 0 aliphatic rings. The molecule has 0 heterocycles. The van der Waals surface area contributed by atoms with Crippen LogP contribution in [0.25, 0.3) is 0 Å². The van der Waals surface area contributed by atoms with Gasteiger partial charge in [-0.05, 0) is 53.6 Å². The molecule has 1 amide bonds. The number of carbonyl (C=O) groups is 1. The summed E-state index contributed by atoms with van der Waals surface area (Å²) in [7, 11) is 0. The van der Waals surface area contributed by atoms with Gasteiger partial charge in [0.1, 0.15) is 5.75 Å². The van der Waals surface area contributed by atoms with Crippen molar-refractivity contribution in [3.63, 3.8) is 0 Å². The van der Waals surface area contributed by atoms with E-state index in [4.69, 9.17) is 0 Å². The molecular formula is C12H17BrN2O2. The highest BCUT2D eigenvalue weighted by Gasteiger charge is 2.07. The summed E-state index contributed by atoms with van der Waals surface area (Å²) in [4.78, 5) is 11.7. The van der Waals surface area contributed by atoms with Crippen LogP contribution in [0.3, 0.4) is 0 Å². The van der Waals surface area contributed by atoms with Gasteiger partial charge in [-0.1, -0.05) is 6.92 Å². The van der Waals surface area contributed by atoms with E-state index in [1.165, 1.54) is 6.07 Å². The second kappa shape index (κ2) is 7.29. The number of benzene rings is 1. The molecule has 0 radical (unpaired) electrons. The Morgan fingerprint density at radius 1 is 1.41 bits per heavy atom. The number of rotatable bonds is 6. The maximum atomic E-state index is 11.7. The van der Waals surface area contributed by atoms with Crippen molar-refractivity contribution in [1.29, 1.82) is 0 Å². The van der Waals surface area contributed by atoms with E-state index in [-0.39, 0.29) is 11.7 Å². The summed E-state index contributed by atoms with van der Waals surface area (Å²) in [6.45, 7) is 4.50. The zero-order valence-electron chi connectivity index (χ0n) is 9.79. The number of phenolic OH excluding ortho intramolecular Hbond substituents is 1. The molecule has 94 valence electrons. The predicted octanol–water partition coefficient (Wildman–Crippen LogP) is 1.88. The summed E-state index contributed by atoms with van der Waals surface area (Å²) >= 11 is 3.17. The Morgan fingerprint density at radius 2 is 2.18 bits per heavy atom. The van der Waals surface area contributed by atoms with E-state index in [1.807, 2.05) is 6.92 Å². The Kier molecular flexibility index (Phi) is 6.00. The summed E-state index contributed by atoms with van der Waals surface area (Å²) in [5.74, 6) is -0.0883. The quantitative estimate of drug-likeness (QED) is 0.703. The Balaban J connectivity index is 2.39. The summed E-state index contributed by atoms with van der Waals surface area (Å²) in [5.41, 5.74) is 0.467. The first-order valence-electron chi connectivity index (χ1n) is 5.62. The minimum Gasteiger partial charge on any atom is -0.507 e. The van der Waals surface area contributed by atoms with Crippen LogP contribution in [0.5, 0.6) is 5.75 Å². The molecule has 0 bridgehead atoms. The highest BCUT2D eigenvalue weighted by molar-refractivity contribution is 9.10. The average molecular weight is 301 g/mol. The predicted molar refractivity (Wildman–Crippen MR) is 71.3 cm³/mol. The van der Waals surface area contributed by atoms with Crippen molar-refractivity contribution in [2.24, 2.45) is 0 Å². The highest BCUT2D eigenvalue weighted by atomic mass is 79.9. The smallest absolute Gasteiger partial charge is 0.251 e. The van der Waals surface area contributed by atoms with Crippen molar-refractivity contribution >= 4 is 21.8 Å². The third-order valence-electron chi connectivity index (χ3n) is 2.27. The number of hydrogen-bond acceptors (Lipinski definition) is 3. The topological polar surface area (TPSA) is 61.4 Å². The molecule has 3 N–H and O–H groups in total. The Bertz CT molecular complexity index is 383. The van der Waals surface area contributed by atoms with E-state index in [0.29, 0.717) is 16.6 Å². The van der Waals surface area contributed by atoms with Crippen LogP contribution in [-0.4, -0.2) is 30.6 Å². The standard InChI is InChI=1S/C12H17BrN2O2/c1-2-14-6-3-7-15-12(17)9-4-5-10(13)11(16)8-9/h4-5,8,14,16H,2-3,6-7H2,1H3,(H,15,17). The lowest BCUT2D eigenvalue weighted by atomic mass is 10.2. The van der Waals surface area contributed by atoms with Gasteiger partial charge in [0.15, 0.2) is 0 Å². The van der Waals surface area contributed by atoms with E-state index < -0.39 is 0 Å². The monoisotopic (exact) mass is 300 g/mol. The van der Waals surface area contributed by atoms with E-state index >= 15 is 0 Å². The van der Waals surface area contributed by atoms with Gasteiger partial charge in [0.25, 0.3) is 5.91 Å². The Morgan fingerprint density at radius 3 is 2.82 bits per heavy atom. The first-order valence-corrected chi connectivity index (χ1v) is 6.42. The van der Waals surface area contributed by atoms with E-state index in [1.54, 1.807) is 12.1 Å². The second-order valence-corrected chi connectivity index (χ2v) is 4.48. The van der Waals surface area contributed by atoms with Crippen LogP contribution in [0, 0.1) is 0 Å². The number of hydrogen-bond donors (Lipinski definition) is 3. The van der Waals surface area contributed by atoms with Crippen molar-refractivity contribution in [3.8, 4) is 5.75 Å². The molecule has 0 saturated carbocycles. The van der Waals surface area contributed by atoms with Crippen molar-refractivity contribution in [1.82, 2.24) is 10.6 Å². The molecule has 1 rings (SSSR count). The lowest BCUT2D eigenvalue weighted by molar-refractivity contribution is 0.0953. The minimum absolute atomic E-state index is 0.0744. The fraction of sp³-hybridized carbons (Fsp3) is 0.417. The van der Waals surface area contributed by atoms with Gasteiger partial charge in [0.05, 0.1) is 4.47 Å². The van der Waals surface area contributed by atoms with Crippen molar-refractivity contribution in [2.45, 2.75) is 13.3 Å². The van der Waals surface area contributed by atoms with Crippen LogP contribution in [0.15, 0.2) is 22.7 Å². The van der Waals surface area contributed by atoms with Gasteiger partial charge >= 0.3 is 0 Å². The minimum atomic E-state index is -0.163. The molecule has 17 heavy (non-hydrogen) atoms. The fourth-order valence-corrected chi connectivity index (χ4v) is 1.59. The number of nitrogens with one attached hydrogen (secondary N) is 2. The van der Waals surface area contributed by atoms with Crippen LogP contribution in [0.1, 0.15) is 23.7 Å². The molecule has 0 aromatic heterocycles. The molecule has 0 fully saturated rings. The lowest BCUT2D eigenvalue weighted by Gasteiger charge is -2.06. The zero-order chi connectivity index (χ0) is 12.7. The normalized spacial score (nSPS) is 10.2. The first-order chi connectivity index (χ1) is 8.15. The zero-order valence-corrected chi connectivity index (χ0v) is 11.4. The lowest BCUT2D eigenvalue weighted by Crippen LogP contribution is -2.27. The molecule has 0 spiro atoms. The van der Waals surface area contributed by atoms with E-state index in [9.17, 15) is 9.90 Å². The number of amides is 1. The number of aromatic hydroxyl groups is 1. The van der Waals surface area contributed by atoms with Gasteiger partial charge in [0.2, 0.25) is 0 Å². The summed E-state index contributed by atoms with van der Waals surface area (Å²) in [6, 6.07) is 4.77. The van der Waals surface area contributed by atoms with Crippen molar-refractivity contribution < 1.29 is 9.90 Å².